The molecule has 0 spiro atoms. The molecule has 0 fully saturated rings. The van der Waals surface area contributed by atoms with E-state index in [0.717, 1.165) is 25.8 Å². The van der Waals surface area contributed by atoms with Crippen LogP contribution in [0.4, 0.5) is 17.3 Å². The predicted octanol–water partition coefficient (Wildman–Crippen LogP) is 3.44. The average molecular weight is 280 g/mol. The first kappa shape index (κ1) is 16.2. The molecule has 0 aliphatic carbocycles. The van der Waals surface area contributed by atoms with Crippen LogP contribution in [0.3, 0.4) is 0 Å². The van der Waals surface area contributed by atoms with Crippen molar-refractivity contribution in [3.05, 3.63) is 22.2 Å². The van der Waals surface area contributed by atoms with Gasteiger partial charge in [0.2, 0.25) is 0 Å². The molecule has 0 aliphatic heterocycles. The van der Waals surface area contributed by atoms with Crippen LogP contribution < -0.4 is 10.2 Å². The Labute approximate surface area is 120 Å². The standard InChI is InChI=1S/C14H24N4O2/c1-5-7-8-17(11(3)6-2)14-10-12(18(19)20)9-13(15-4)16-14/h9-11H,5-8H2,1-4H3,(H,15,16). The van der Waals surface area contributed by atoms with Crippen LogP contribution in [0, 0.1) is 10.1 Å². The fourth-order valence-corrected chi connectivity index (χ4v) is 1.99. The van der Waals surface area contributed by atoms with Gasteiger partial charge < -0.3 is 10.2 Å². The SMILES string of the molecule is CCCCN(c1cc([N+](=O)[O-])cc(NC)n1)C(C)CC. The number of hydrogen-bond acceptors (Lipinski definition) is 5. The van der Waals surface area contributed by atoms with Crippen LogP contribution in [-0.4, -0.2) is 29.5 Å². The van der Waals surface area contributed by atoms with Crippen molar-refractivity contribution in [3.8, 4) is 0 Å². The van der Waals surface area contributed by atoms with Crippen molar-refractivity contribution in [1.82, 2.24) is 4.98 Å². The quantitative estimate of drug-likeness (QED) is 0.583. The second-order valence-electron chi connectivity index (χ2n) is 4.88. The highest BCUT2D eigenvalue weighted by Crippen LogP contribution is 2.25. The van der Waals surface area contributed by atoms with Gasteiger partial charge in [-0.15, -0.1) is 0 Å². The molecule has 1 unspecified atom stereocenters. The van der Waals surface area contributed by atoms with Gasteiger partial charge in [0.15, 0.2) is 0 Å². The lowest BCUT2D eigenvalue weighted by Crippen LogP contribution is -2.34. The van der Waals surface area contributed by atoms with E-state index in [1.165, 1.54) is 6.07 Å². The minimum absolute atomic E-state index is 0.0733. The topological polar surface area (TPSA) is 71.3 Å². The highest BCUT2D eigenvalue weighted by atomic mass is 16.6. The van der Waals surface area contributed by atoms with Crippen LogP contribution in [0.5, 0.6) is 0 Å². The molecule has 6 heteroatoms. The second-order valence-corrected chi connectivity index (χ2v) is 4.88. The summed E-state index contributed by atoms with van der Waals surface area (Å²) in [6.45, 7) is 7.23. The number of nitrogens with zero attached hydrogens (tertiary/aromatic N) is 3. The fourth-order valence-electron chi connectivity index (χ4n) is 1.99. The fraction of sp³-hybridized carbons (Fsp3) is 0.643. The summed E-state index contributed by atoms with van der Waals surface area (Å²) in [7, 11) is 1.72. The number of nitro groups is 1. The molecule has 0 saturated heterocycles. The second kappa shape index (κ2) is 7.67. The van der Waals surface area contributed by atoms with E-state index < -0.39 is 0 Å². The van der Waals surface area contributed by atoms with Gasteiger partial charge in [-0.25, -0.2) is 4.98 Å². The Morgan fingerprint density at radius 3 is 2.65 bits per heavy atom. The summed E-state index contributed by atoms with van der Waals surface area (Å²) in [6.07, 6.45) is 3.10. The minimum Gasteiger partial charge on any atom is -0.373 e. The molecule has 0 saturated carbocycles. The Bertz CT molecular complexity index is 451. The largest absolute Gasteiger partial charge is 0.373 e. The number of anilines is 2. The Kier molecular flexibility index (Phi) is 6.21. The summed E-state index contributed by atoms with van der Waals surface area (Å²) < 4.78 is 0. The summed E-state index contributed by atoms with van der Waals surface area (Å²) >= 11 is 0. The lowest BCUT2D eigenvalue weighted by Gasteiger charge is -2.29. The van der Waals surface area contributed by atoms with E-state index in [1.54, 1.807) is 13.1 Å². The first-order chi connectivity index (χ1) is 9.53. The molecule has 1 atom stereocenters. The molecule has 112 valence electrons. The summed E-state index contributed by atoms with van der Waals surface area (Å²) in [5, 5.41) is 13.9. The van der Waals surface area contributed by atoms with Crippen LogP contribution in [0.15, 0.2) is 12.1 Å². The van der Waals surface area contributed by atoms with Crippen LogP contribution in [0.2, 0.25) is 0 Å². The summed E-state index contributed by atoms with van der Waals surface area (Å²) in [5.41, 5.74) is 0.0733. The Morgan fingerprint density at radius 2 is 2.15 bits per heavy atom. The van der Waals surface area contributed by atoms with Gasteiger partial charge in [-0.3, -0.25) is 10.1 Å². The molecule has 0 bridgehead atoms. The van der Waals surface area contributed by atoms with Crippen LogP contribution >= 0.6 is 0 Å². The molecule has 6 nitrogen and oxygen atoms in total. The summed E-state index contributed by atoms with van der Waals surface area (Å²) in [4.78, 5) is 17.3. The Morgan fingerprint density at radius 1 is 1.45 bits per heavy atom. The number of hydrogen-bond donors (Lipinski definition) is 1. The van der Waals surface area contributed by atoms with Crippen molar-refractivity contribution in [2.75, 3.05) is 23.8 Å². The van der Waals surface area contributed by atoms with Crippen molar-refractivity contribution in [3.63, 3.8) is 0 Å². The predicted molar refractivity (Wildman–Crippen MR) is 82.4 cm³/mol. The molecule has 0 aromatic carbocycles. The normalized spacial score (nSPS) is 12.0. The Balaban J connectivity index is 3.16. The van der Waals surface area contributed by atoms with Gasteiger partial charge in [-0.1, -0.05) is 20.3 Å². The first-order valence-electron chi connectivity index (χ1n) is 7.14. The molecule has 0 radical (unpaired) electrons. The maximum atomic E-state index is 11.0. The zero-order valence-corrected chi connectivity index (χ0v) is 12.7. The summed E-state index contributed by atoms with van der Waals surface area (Å²) in [5.74, 6) is 1.20. The summed E-state index contributed by atoms with van der Waals surface area (Å²) in [6, 6.07) is 3.32. The third-order valence-corrected chi connectivity index (χ3v) is 3.43. The van der Waals surface area contributed by atoms with Gasteiger partial charge in [0.25, 0.3) is 5.69 Å². The zero-order chi connectivity index (χ0) is 15.1. The van der Waals surface area contributed by atoms with E-state index in [1.807, 2.05) is 0 Å². The molecule has 1 rings (SSSR count). The van der Waals surface area contributed by atoms with Crippen molar-refractivity contribution in [2.24, 2.45) is 0 Å². The monoisotopic (exact) mass is 280 g/mol. The van der Waals surface area contributed by atoms with Gasteiger partial charge in [0.1, 0.15) is 11.6 Å². The molecule has 0 amide bonds. The maximum Gasteiger partial charge on any atom is 0.276 e. The van der Waals surface area contributed by atoms with E-state index in [0.29, 0.717) is 17.7 Å². The number of unbranched alkanes of at least 4 members (excludes halogenated alkanes) is 1. The van der Waals surface area contributed by atoms with Gasteiger partial charge in [0, 0.05) is 19.6 Å². The van der Waals surface area contributed by atoms with E-state index in [9.17, 15) is 10.1 Å². The third kappa shape index (κ3) is 4.08. The number of rotatable bonds is 8. The molecule has 1 heterocycles. The van der Waals surface area contributed by atoms with E-state index >= 15 is 0 Å². The Hall–Kier alpha value is -1.85. The molecule has 0 aliphatic rings. The minimum atomic E-state index is -0.374. The molecule has 1 N–H and O–H groups in total. The lowest BCUT2D eigenvalue weighted by molar-refractivity contribution is -0.384. The van der Waals surface area contributed by atoms with Gasteiger partial charge >= 0.3 is 0 Å². The number of nitrogens with one attached hydrogen (secondary N) is 1. The molecule has 1 aromatic heterocycles. The molecular formula is C14H24N4O2. The molecule has 20 heavy (non-hydrogen) atoms. The van der Waals surface area contributed by atoms with Crippen molar-refractivity contribution in [1.29, 1.82) is 0 Å². The molecular weight excluding hydrogens is 256 g/mol. The molecule has 1 aromatic rings. The highest BCUT2D eigenvalue weighted by Gasteiger charge is 2.18. The van der Waals surface area contributed by atoms with E-state index in [-0.39, 0.29) is 10.6 Å². The van der Waals surface area contributed by atoms with Gasteiger partial charge in [-0.2, -0.15) is 0 Å². The smallest absolute Gasteiger partial charge is 0.276 e. The van der Waals surface area contributed by atoms with Crippen molar-refractivity contribution < 1.29 is 4.92 Å². The van der Waals surface area contributed by atoms with Crippen LogP contribution in [-0.2, 0) is 0 Å². The van der Waals surface area contributed by atoms with Gasteiger partial charge in [0.05, 0.1) is 17.1 Å². The zero-order valence-electron chi connectivity index (χ0n) is 12.7. The van der Waals surface area contributed by atoms with Crippen molar-refractivity contribution in [2.45, 2.75) is 46.1 Å². The highest BCUT2D eigenvalue weighted by molar-refractivity contribution is 5.56. The average Bonchev–Trinajstić information content (AvgIpc) is 2.46. The van der Waals surface area contributed by atoms with Gasteiger partial charge in [-0.05, 0) is 19.8 Å². The van der Waals surface area contributed by atoms with Crippen LogP contribution in [0.1, 0.15) is 40.0 Å². The van der Waals surface area contributed by atoms with Crippen LogP contribution in [0.25, 0.3) is 0 Å². The van der Waals surface area contributed by atoms with Crippen molar-refractivity contribution >= 4 is 17.3 Å². The third-order valence-electron chi connectivity index (χ3n) is 3.43. The van der Waals surface area contributed by atoms with E-state index in [2.05, 4.69) is 36.0 Å². The van der Waals surface area contributed by atoms with E-state index in [4.69, 9.17) is 0 Å². The first-order valence-corrected chi connectivity index (χ1v) is 7.14. The number of pyridine rings is 1. The number of aromatic nitrogens is 1. The lowest BCUT2D eigenvalue weighted by atomic mass is 10.2. The maximum absolute atomic E-state index is 11.0.